The van der Waals surface area contributed by atoms with Crippen molar-refractivity contribution in [1.82, 2.24) is 15.0 Å². The van der Waals surface area contributed by atoms with E-state index in [2.05, 4.69) is 10.3 Å². The summed E-state index contributed by atoms with van der Waals surface area (Å²) in [5.41, 5.74) is 4.75. The minimum absolute atomic E-state index is 0.276. The molecule has 1 aromatic carbocycles. The Morgan fingerprint density at radius 2 is 1.95 bits per heavy atom. The van der Waals surface area contributed by atoms with E-state index in [-0.39, 0.29) is 5.69 Å². The maximum Gasteiger partial charge on any atom is 0.416 e. The number of aromatic nitrogens is 3. The number of rotatable bonds is 5. The number of unbranched alkanes of at least 4 members (excludes halogenated alkanes) is 1. The summed E-state index contributed by atoms with van der Waals surface area (Å²) in [6.45, 7) is 0.552. The fourth-order valence-electron chi connectivity index (χ4n) is 1.85. The van der Waals surface area contributed by atoms with Crippen LogP contribution in [0.15, 0.2) is 24.4 Å². The Hall–Kier alpha value is -1.96. The van der Waals surface area contributed by atoms with E-state index in [9.17, 15) is 17.6 Å². The molecule has 0 aliphatic rings. The van der Waals surface area contributed by atoms with Gasteiger partial charge in [0.05, 0.1) is 17.5 Å². The van der Waals surface area contributed by atoms with E-state index in [1.165, 1.54) is 6.20 Å². The van der Waals surface area contributed by atoms with Crippen molar-refractivity contribution in [3.63, 3.8) is 0 Å². The quantitative estimate of drug-likeness (QED) is 0.682. The van der Waals surface area contributed by atoms with E-state index in [1.807, 2.05) is 0 Å². The third-order valence-corrected chi connectivity index (χ3v) is 2.95. The van der Waals surface area contributed by atoms with Crippen molar-refractivity contribution in [1.29, 1.82) is 0 Å². The van der Waals surface area contributed by atoms with Crippen molar-refractivity contribution in [2.75, 3.05) is 6.54 Å². The van der Waals surface area contributed by atoms with Crippen LogP contribution in [0.2, 0.25) is 0 Å². The topological polar surface area (TPSA) is 56.7 Å². The van der Waals surface area contributed by atoms with Gasteiger partial charge in [-0.1, -0.05) is 5.21 Å². The predicted molar refractivity (Wildman–Crippen MR) is 68.3 cm³/mol. The average Bonchev–Trinajstić information content (AvgIpc) is 2.87. The normalized spacial score (nSPS) is 11.9. The molecule has 4 nitrogen and oxygen atoms in total. The van der Waals surface area contributed by atoms with Gasteiger partial charge in [-0.25, -0.2) is 9.07 Å². The number of nitrogens with two attached hydrogens (primary N) is 1. The van der Waals surface area contributed by atoms with Crippen molar-refractivity contribution in [3.8, 4) is 5.69 Å². The largest absolute Gasteiger partial charge is 0.416 e. The van der Waals surface area contributed by atoms with Crippen LogP contribution < -0.4 is 5.73 Å². The first-order valence-corrected chi connectivity index (χ1v) is 6.40. The van der Waals surface area contributed by atoms with Crippen LogP contribution in [0.3, 0.4) is 0 Å². The first-order chi connectivity index (χ1) is 9.91. The smallest absolute Gasteiger partial charge is 0.330 e. The van der Waals surface area contributed by atoms with Gasteiger partial charge < -0.3 is 5.73 Å². The maximum atomic E-state index is 13.7. The van der Waals surface area contributed by atoms with Crippen LogP contribution >= 0.6 is 0 Å². The first kappa shape index (κ1) is 15.4. The Bertz CT molecular complexity index is 606. The van der Waals surface area contributed by atoms with Gasteiger partial charge >= 0.3 is 6.18 Å². The van der Waals surface area contributed by atoms with Crippen molar-refractivity contribution < 1.29 is 17.6 Å². The summed E-state index contributed by atoms with van der Waals surface area (Å²) in [7, 11) is 0. The second-order valence-corrected chi connectivity index (χ2v) is 4.56. The van der Waals surface area contributed by atoms with Crippen molar-refractivity contribution in [2.45, 2.75) is 25.4 Å². The Balaban J connectivity index is 2.25. The van der Waals surface area contributed by atoms with Crippen LogP contribution in [0.25, 0.3) is 5.69 Å². The minimum atomic E-state index is -4.53. The number of halogens is 4. The van der Waals surface area contributed by atoms with Gasteiger partial charge in [0.15, 0.2) is 0 Å². The number of hydrogen-bond donors (Lipinski definition) is 1. The second-order valence-electron chi connectivity index (χ2n) is 4.56. The van der Waals surface area contributed by atoms with Gasteiger partial charge in [-0.3, -0.25) is 0 Å². The van der Waals surface area contributed by atoms with E-state index in [4.69, 9.17) is 5.73 Å². The zero-order chi connectivity index (χ0) is 15.5. The lowest BCUT2D eigenvalue weighted by Gasteiger charge is -2.09. The SMILES string of the molecule is NCCCCc1cn(-c2cc(C(F)(F)F)ccc2F)nn1. The second kappa shape index (κ2) is 6.21. The molecule has 2 N–H and O–H groups in total. The Morgan fingerprint density at radius 1 is 1.19 bits per heavy atom. The third-order valence-electron chi connectivity index (χ3n) is 2.95. The van der Waals surface area contributed by atoms with Crippen LogP contribution in [0.1, 0.15) is 24.1 Å². The predicted octanol–water partition coefficient (Wildman–Crippen LogP) is 2.71. The summed E-state index contributed by atoms with van der Waals surface area (Å²) in [4.78, 5) is 0. The van der Waals surface area contributed by atoms with Crippen molar-refractivity contribution >= 4 is 0 Å². The molecule has 0 aliphatic carbocycles. The van der Waals surface area contributed by atoms with Crippen LogP contribution in [-0.2, 0) is 12.6 Å². The fourth-order valence-corrected chi connectivity index (χ4v) is 1.85. The molecule has 0 unspecified atom stereocenters. The van der Waals surface area contributed by atoms with E-state index in [0.717, 1.165) is 23.6 Å². The Morgan fingerprint density at radius 3 is 2.62 bits per heavy atom. The molecule has 2 rings (SSSR count). The van der Waals surface area contributed by atoms with Crippen LogP contribution in [0.5, 0.6) is 0 Å². The molecule has 2 aromatic rings. The molecule has 0 bridgehead atoms. The average molecular weight is 302 g/mol. The zero-order valence-corrected chi connectivity index (χ0v) is 11.1. The number of alkyl halides is 3. The van der Waals surface area contributed by atoms with Gasteiger partial charge in [0.25, 0.3) is 0 Å². The van der Waals surface area contributed by atoms with Crippen LogP contribution in [0, 0.1) is 5.82 Å². The number of nitrogens with zero attached hydrogens (tertiary/aromatic N) is 3. The number of hydrogen-bond acceptors (Lipinski definition) is 3. The van der Waals surface area contributed by atoms with E-state index in [0.29, 0.717) is 30.8 Å². The lowest BCUT2D eigenvalue weighted by atomic mass is 10.2. The molecular formula is C13H14F4N4. The lowest BCUT2D eigenvalue weighted by molar-refractivity contribution is -0.137. The lowest BCUT2D eigenvalue weighted by Crippen LogP contribution is -2.08. The molecule has 0 atom stereocenters. The summed E-state index contributed by atoms with van der Waals surface area (Å²) >= 11 is 0. The zero-order valence-electron chi connectivity index (χ0n) is 11.1. The van der Waals surface area contributed by atoms with Crippen LogP contribution in [-0.4, -0.2) is 21.5 Å². The van der Waals surface area contributed by atoms with Crippen molar-refractivity contribution in [3.05, 3.63) is 41.5 Å². The third kappa shape index (κ3) is 3.78. The summed E-state index contributed by atoms with van der Waals surface area (Å²) in [6, 6.07) is 2.18. The monoisotopic (exact) mass is 302 g/mol. The highest BCUT2D eigenvalue weighted by atomic mass is 19.4. The van der Waals surface area contributed by atoms with Gasteiger partial charge in [-0.15, -0.1) is 5.10 Å². The maximum absolute atomic E-state index is 13.7. The molecule has 0 spiro atoms. The molecular weight excluding hydrogens is 288 g/mol. The summed E-state index contributed by atoms with van der Waals surface area (Å²) in [5, 5.41) is 7.50. The summed E-state index contributed by atoms with van der Waals surface area (Å²) in [5.74, 6) is -0.790. The molecule has 21 heavy (non-hydrogen) atoms. The molecule has 0 saturated carbocycles. The van der Waals surface area contributed by atoms with Gasteiger partial charge in [-0.05, 0) is 44.0 Å². The molecule has 1 aromatic heterocycles. The molecule has 0 fully saturated rings. The molecule has 8 heteroatoms. The number of benzene rings is 1. The summed E-state index contributed by atoms with van der Waals surface area (Å²) in [6.07, 6.45) is -0.912. The molecule has 0 radical (unpaired) electrons. The van der Waals surface area contributed by atoms with E-state index in [1.54, 1.807) is 0 Å². The van der Waals surface area contributed by atoms with Gasteiger partial charge in [0.1, 0.15) is 11.5 Å². The number of aryl methyl sites for hydroxylation is 1. The highest BCUT2D eigenvalue weighted by Crippen LogP contribution is 2.31. The highest BCUT2D eigenvalue weighted by molar-refractivity contribution is 5.38. The molecule has 0 saturated heterocycles. The molecule has 1 heterocycles. The van der Waals surface area contributed by atoms with E-state index >= 15 is 0 Å². The van der Waals surface area contributed by atoms with E-state index < -0.39 is 17.6 Å². The Labute approximate surface area is 118 Å². The Kier molecular flexibility index (Phi) is 4.56. The van der Waals surface area contributed by atoms with Crippen molar-refractivity contribution in [2.24, 2.45) is 5.73 Å². The first-order valence-electron chi connectivity index (χ1n) is 6.40. The molecule has 0 aliphatic heterocycles. The van der Waals surface area contributed by atoms with Crippen LogP contribution in [0.4, 0.5) is 17.6 Å². The highest BCUT2D eigenvalue weighted by Gasteiger charge is 2.31. The standard InChI is InChI=1S/C13H14F4N4/c14-11-5-4-9(13(15,16)17)7-12(11)21-8-10(19-20-21)3-1-2-6-18/h4-5,7-8H,1-3,6,18H2. The van der Waals surface area contributed by atoms with Gasteiger partial charge in [0.2, 0.25) is 0 Å². The van der Waals surface area contributed by atoms with Gasteiger partial charge in [0, 0.05) is 0 Å². The molecule has 0 amide bonds. The fraction of sp³-hybridized carbons (Fsp3) is 0.385. The minimum Gasteiger partial charge on any atom is -0.330 e. The van der Waals surface area contributed by atoms with Gasteiger partial charge in [-0.2, -0.15) is 13.2 Å². The molecule has 114 valence electrons. The summed E-state index contributed by atoms with van der Waals surface area (Å²) < 4.78 is 52.6.